The van der Waals surface area contributed by atoms with Gasteiger partial charge in [0.25, 0.3) is 5.56 Å². The van der Waals surface area contributed by atoms with Gasteiger partial charge in [0, 0.05) is 5.56 Å². The van der Waals surface area contributed by atoms with Crippen molar-refractivity contribution in [3.63, 3.8) is 0 Å². The minimum atomic E-state index is -0.234. The SMILES string of the molecule is CCCCOc1ccc(-c2nc3s/c(=C/c4cc(OC)c(OC)c(OC)c4)c(=O)n3n2)cc1. The smallest absolute Gasteiger partial charge is 0.291 e. The number of methoxy groups -OCH3 is 3. The van der Waals surface area contributed by atoms with E-state index in [2.05, 4.69) is 17.0 Å². The number of nitrogens with zero attached hydrogens (tertiary/aromatic N) is 3. The minimum absolute atomic E-state index is 0.234. The fraction of sp³-hybridized carbons (Fsp3) is 0.292. The first-order valence-corrected chi connectivity index (χ1v) is 11.3. The van der Waals surface area contributed by atoms with E-state index < -0.39 is 0 Å². The Balaban J connectivity index is 1.65. The molecule has 0 radical (unpaired) electrons. The molecular formula is C24H25N3O5S. The molecule has 4 rings (SSSR count). The lowest BCUT2D eigenvalue weighted by Crippen LogP contribution is -2.23. The Hall–Kier alpha value is -3.59. The van der Waals surface area contributed by atoms with E-state index in [1.807, 2.05) is 24.3 Å². The van der Waals surface area contributed by atoms with E-state index >= 15 is 0 Å². The second-order valence-electron chi connectivity index (χ2n) is 7.23. The predicted molar refractivity (Wildman–Crippen MR) is 128 cm³/mol. The Morgan fingerprint density at radius 3 is 2.30 bits per heavy atom. The van der Waals surface area contributed by atoms with Gasteiger partial charge in [0.15, 0.2) is 17.3 Å². The Kier molecular flexibility index (Phi) is 6.79. The van der Waals surface area contributed by atoms with Gasteiger partial charge < -0.3 is 18.9 Å². The van der Waals surface area contributed by atoms with Crippen LogP contribution in [0.25, 0.3) is 22.4 Å². The second kappa shape index (κ2) is 9.91. The van der Waals surface area contributed by atoms with Gasteiger partial charge in [0.2, 0.25) is 10.7 Å². The number of rotatable bonds is 9. The van der Waals surface area contributed by atoms with Crippen molar-refractivity contribution in [3.8, 4) is 34.4 Å². The summed E-state index contributed by atoms with van der Waals surface area (Å²) < 4.78 is 23.7. The zero-order chi connectivity index (χ0) is 23.4. The first-order valence-electron chi connectivity index (χ1n) is 10.5. The summed E-state index contributed by atoms with van der Waals surface area (Å²) in [5.41, 5.74) is 1.33. The fourth-order valence-electron chi connectivity index (χ4n) is 3.33. The quantitative estimate of drug-likeness (QED) is 0.348. The topological polar surface area (TPSA) is 84.2 Å². The van der Waals surface area contributed by atoms with Crippen molar-refractivity contribution in [2.24, 2.45) is 0 Å². The van der Waals surface area contributed by atoms with Crippen molar-refractivity contribution in [1.82, 2.24) is 14.6 Å². The van der Waals surface area contributed by atoms with Gasteiger partial charge in [-0.05, 0) is 54.5 Å². The lowest BCUT2D eigenvalue weighted by atomic mass is 10.1. The zero-order valence-electron chi connectivity index (χ0n) is 19.0. The van der Waals surface area contributed by atoms with Crippen molar-refractivity contribution in [1.29, 1.82) is 0 Å². The normalized spacial score (nSPS) is 11.7. The molecule has 33 heavy (non-hydrogen) atoms. The number of unbranched alkanes of at least 4 members (excludes halogenated alkanes) is 1. The van der Waals surface area contributed by atoms with Gasteiger partial charge in [-0.2, -0.15) is 9.50 Å². The lowest BCUT2D eigenvalue weighted by molar-refractivity contribution is 0.309. The highest BCUT2D eigenvalue weighted by molar-refractivity contribution is 7.15. The maximum atomic E-state index is 12.9. The molecular weight excluding hydrogens is 442 g/mol. The summed E-state index contributed by atoms with van der Waals surface area (Å²) in [4.78, 5) is 18.0. The van der Waals surface area contributed by atoms with Crippen LogP contribution in [-0.2, 0) is 0 Å². The van der Waals surface area contributed by atoms with Crippen LogP contribution < -0.4 is 29.0 Å². The number of hydrogen-bond donors (Lipinski definition) is 0. The van der Waals surface area contributed by atoms with Crippen molar-refractivity contribution in [3.05, 3.63) is 56.8 Å². The van der Waals surface area contributed by atoms with Crippen LogP contribution in [0.15, 0.2) is 41.2 Å². The number of ether oxygens (including phenoxy) is 4. The van der Waals surface area contributed by atoms with Crippen LogP contribution in [0.5, 0.6) is 23.0 Å². The van der Waals surface area contributed by atoms with Gasteiger partial charge >= 0.3 is 0 Å². The third kappa shape index (κ3) is 4.63. The minimum Gasteiger partial charge on any atom is -0.494 e. The van der Waals surface area contributed by atoms with E-state index in [9.17, 15) is 4.79 Å². The maximum Gasteiger partial charge on any atom is 0.291 e. The number of benzene rings is 2. The molecule has 0 fully saturated rings. The molecule has 172 valence electrons. The number of fused-ring (bicyclic) bond motifs is 1. The van der Waals surface area contributed by atoms with Crippen LogP contribution in [-0.4, -0.2) is 42.5 Å². The molecule has 0 atom stereocenters. The molecule has 2 aromatic carbocycles. The van der Waals surface area contributed by atoms with Gasteiger partial charge in [-0.25, -0.2) is 0 Å². The predicted octanol–water partition coefficient (Wildman–Crippen LogP) is 3.57. The molecule has 9 heteroatoms. The highest BCUT2D eigenvalue weighted by Crippen LogP contribution is 2.38. The van der Waals surface area contributed by atoms with Gasteiger partial charge in [-0.3, -0.25) is 4.79 Å². The molecule has 0 aliphatic heterocycles. The van der Waals surface area contributed by atoms with Gasteiger partial charge in [0.05, 0.1) is 32.5 Å². The van der Waals surface area contributed by atoms with E-state index in [0.29, 0.717) is 39.2 Å². The fourth-order valence-corrected chi connectivity index (χ4v) is 4.23. The number of hydrogen-bond acceptors (Lipinski definition) is 8. The zero-order valence-corrected chi connectivity index (χ0v) is 19.8. The molecule has 0 saturated carbocycles. The third-order valence-electron chi connectivity index (χ3n) is 5.05. The molecule has 0 N–H and O–H groups in total. The third-order valence-corrected chi connectivity index (χ3v) is 6.00. The Morgan fingerprint density at radius 2 is 1.73 bits per heavy atom. The van der Waals surface area contributed by atoms with Crippen molar-refractivity contribution in [2.75, 3.05) is 27.9 Å². The van der Waals surface area contributed by atoms with Crippen LogP contribution in [0.2, 0.25) is 0 Å². The summed E-state index contributed by atoms with van der Waals surface area (Å²) in [5.74, 6) is 2.82. The van der Waals surface area contributed by atoms with Crippen LogP contribution in [0.1, 0.15) is 25.3 Å². The van der Waals surface area contributed by atoms with E-state index in [4.69, 9.17) is 18.9 Å². The van der Waals surface area contributed by atoms with Gasteiger partial charge in [-0.1, -0.05) is 24.7 Å². The van der Waals surface area contributed by atoms with Crippen LogP contribution >= 0.6 is 11.3 Å². The van der Waals surface area contributed by atoms with E-state index in [-0.39, 0.29) is 5.56 Å². The largest absolute Gasteiger partial charge is 0.494 e. The van der Waals surface area contributed by atoms with E-state index in [0.717, 1.165) is 29.7 Å². The molecule has 0 unspecified atom stereocenters. The summed E-state index contributed by atoms with van der Waals surface area (Å²) in [5, 5.41) is 4.42. The molecule has 0 amide bonds. The first-order chi connectivity index (χ1) is 16.1. The summed E-state index contributed by atoms with van der Waals surface area (Å²) in [6, 6.07) is 11.1. The van der Waals surface area contributed by atoms with Crippen molar-refractivity contribution in [2.45, 2.75) is 19.8 Å². The Bertz CT molecular complexity index is 1340. The standard InChI is InChI=1S/C24H25N3O5S/c1-5-6-11-32-17-9-7-16(8-10-17)22-25-24-27(26-22)23(28)20(33-24)14-15-12-18(29-2)21(31-4)19(13-15)30-3/h7-10,12-14H,5-6,11H2,1-4H3/b20-14+. The first kappa shape index (κ1) is 22.6. The van der Waals surface area contributed by atoms with Crippen LogP contribution in [0.4, 0.5) is 0 Å². The molecule has 4 aromatic rings. The average molecular weight is 468 g/mol. The summed E-state index contributed by atoms with van der Waals surface area (Å²) in [7, 11) is 4.65. The summed E-state index contributed by atoms with van der Waals surface area (Å²) in [6.45, 7) is 2.82. The summed E-state index contributed by atoms with van der Waals surface area (Å²) in [6.07, 6.45) is 3.86. The Labute approximate surface area is 195 Å². The lowest BCUT2D eigenvalue weighted by Gasteiger charge is -2.12. The summed E-state index contributed by atoms with van der Waals surface area (Å²) >= 11 is 1.27. The highest BCUT2D eigenvalue weighted by atomic mass is 32.1. The molecule has 2 aromatic heterocycles. The molecule has 0 bridgehead atoms. The highest BCUT2D eigenvalue weighted by Gasteiger charge is 2.15. The van der Waals surface area contributed by atoms with Crippen LogP contribution in [0, 0.1) is 0 Å². The Morgan fingerprint density at radius 1 is 1.03 bits per heavy atom. The molecule has 8 nitrogen and oxygen atoms in total. The van der Waals surface area contributed by atoms with Crippen LogP contribution in [0.3, 0.4) is 0 Å². The van der Waals surface area contributed by atoms with Gasteiger partial charge in [-0.15, -0.1) is 5.10 Å². The molecule has 0 spiro atoms. The van der Waals surface area contributed by atoms with E-state index in [1.165, 1.54) is 15.9 Å². The van der Waals surface area contributed by atoms with Crippen molar-refractivity contribution < 1.29 is 18.9 Å². The monoisotopic (exact) mass is 467 g/mol. The van der Waals surface area contributed by atoms with Gasteiger partial charge in [0.1, 0.15) is 5.75 Å². The molecule has 2 heterocycles. The second-order valence-corrected chi connectivity index (χ2v) is 8.24. The molecule has 0 aliphatic carbocycles. The maximum absolute atomic E-state index is 12.9. The molecule has 0 aliphatic rings. The van der Waals surface area contributed by atoms with E-state index in [1.54, 1.807) is 39.5 Å². The number of aromatic nitrogens is 3. The average Bonchev–Trinajstić information content (AvgIpc) is 3.38. The van der Waals surface area contributed by atoms with Crippen molar-refractivity contribution >= 4 is 22.4 Å². The molecule has 0 saturated heterocycles. The number of thiazole rings is 1.